The van der Waals surface area contributed by atoms with Gasteiger partial charge in [0.2, 0.25) is 5.89 Å². The predicted molar refractivity (Wildman–Crippen MR) is 157 cm³/mol. The van der Waals surface area contributed by atoms with Crippen LogP contribution in [0.3, 0.4) is 0 Å². The number of ether oxygens (including phenoxy) is 1. The molecule has 7 heteroatoms. The van der Waals surface area contributed by atoms with E-state index >= 15 is 0 Å². The summed E-state index contributed by atoms with van der Waals surface area (Å²) in [6.07, 6.45) is 0.419. The second kappa shape index (κ2) is 12.8. The van der Waals surface area contributed by atoms with Gasteiger partial charge in [0.15, 0.2) is 5.78 Å². The second-order valence-corrected chi connectivity index (χ2v) is 9.59. The molecule has 1 heterocycles. The molecular formula is C34H30N2O5. The summed E-state index contributed by atoms with van der Waals surface area (Å²) in [5, 5.41) is 12.9. The first-order valence-electron chi connectivity index (χ1n) is 13.4. The van der Waals surface area contributed by atoms with Crippen molar-refractivity contribution >= 4 is 17.4 Å². The number of aryl methyl sites for hydroxylation is 1. The summed E-state index contributed by atoms with van der Waals surface area (Å²) in [5.41, 5.74) is 4.15. The molecule has 0 saturated carbocycles. The summed E-state index contributed by atoms with van der Waals surface area (Å²) in [7, 11) is 0. The Kier molecular flexibility index (Phi) is 8.55. The number of carboxylic acid groups (broad SMARTS) is 1. The number of carbonyl (C=O) groups excluding carboxylic acids is 1. The quantitative estimate of drug-likeness (QED) is 0.161. The molecule has 0 spiro atoms. The van der Waals surface area contributed by atoms with Crippen LogP contribution in [0.5, 0.6) is 5.75 Å². The van der Waals surface area contributed by atoms with Crippen molar-refractivity contribution in [2.45, 2.75) is 25.8 Å². The normalized spacial score (nSPS) is 11.5. The van der Waals surface area contributed by atoms with Crippen molar-refractivity contribution in [2.24, 2.45) is 0 Å². The van der Waals surface area contributed by atoms with Gasteiger partial charge in [-0.05, 0) is 48.9 Å². The van der Waals surface area contributed by atoms with Crippen molar-refractivity contribution in [3.05, 3.63) is 137 Å². The molecule has 0 unspecified atom stereocenters. The third-order valence-electron chi connectivity index (χ3n) is 6.72. The average molecular weight is 547 g/mol. The number of rotatable bonds is 12. The maximum Gasteiger partial charge on any atom is 0.305 e. The minimum atomic E-state index is -0.951. The van der Waals surface area contributed by atoms with Gasteiger partial charge in [-0.3, -0.25) is 9.59 Å². The highest BCUT2D eigenvalue weighted by molar-refractivity contribution is 6.12. The standard InChI is InChI=1S/C34H30N2O5/c1-23-29(36-34(41-23)26-12-6-3-7-13-26)20-21-40-27-18-16-24(17-19-27)31(22-32(37)38)35-30-15-9-8-14-28(30)33(39)25-10-4-2-5-11-25/h2-19,31,35H,20-22H2,1H3,(H,37,38)/t31-/m0/s1. The maximum atomic E-state index is 13.2. The van der Waals surface area contributed by atoms with E-state index in [2.05, 4.69) is 10.3 Å². The van der Waals surface area contributed by atoms with Gasteiger partial charge in [0.1, 0.15) is 11.5 Å². The number of carboxylic acids is 1. The molecule has 0 aliphatic carbocycles. The van der Waals surface area contributed by atoms with E-state index in [-0.39, 0.29) is 12.2 Å². The molecule has 5 rings (SSSR count). The van der Waals surface area contributed by atoms with Crippen molar-refractivity contribution in [3.63, 3.8) is 0 Å². The molecule has 206 valence electrons. The Morgan fingerprint density at radius 3 is 2.24 bits per heavy atom. The lowest BCUT2D eigenvalue weighted by Gasteiger charge is -2.21. The van der Waals surface area contributed by atoms with Gasteiger partial charge in [-0.1, -0.05) is 72.8 Å². The molecule has 2 N–H and O–H groups in total. The number of para-hydroxylation sites is 1. The van der Waals surface area contributed by atoms with Crippen LogP contribution in [0.1, 0.15) is 45.4 Å². The van der Waals surface area contributed by atoms with Gasteiger partial charge in [-0.15, -0.1) is 0 Å². The topological polar surface area (TPSA) is 102 Å². The van der Waals surface area contributed by atoms with Gasteiger partial charge in [0.05, 0.1) is 24.8 Å². The number of benzene rings is 4. The van der Waals surface area contributed by atoms with Gasteiger partial charge in [0, 0.05) is 28.8 Å². The molecule has 1 aromatic heterocycles. The largest absolute Gasteiger partial charge is 0.493 e. The van der Waals surface area contributed by atoms with Crippen LogP contribution in [-0.2, 0) is 11.2 Å². The molecule has 0 fully saturated rings. The predicted octanol–water partition coefficient (Wildman–Crippen LogP) is 7.13. The first-order chi connectivity index (χ1) is 20.0. The number of nitrogens with zero attached hydrogens (tertiary/aromatic N) is 1. The molecule has 0 bridgehead atoms. The molecular weight excluding hydrogens is 516 g/mol. The molecule has 0 saturated heterocycles. The number of anilines is 1. The maximum absolute atomic E-state index is 13.2. The number of hydrogen-bond donors (Lipinski definition) is 2. The second-order valence-electron chi connectivity index (χ2n) is 9.59. The van der Waals surface area contributed by atoms with Gasteiger partial charge in [-0.25, -0.2) is 4.98 Å². The van der Waals surface area contributed by atoms with Crippen LogP contribution in [0.2, 0.25) is 0 Å². The van der Waals surface area contributed by atoms with Crippen LogP contribution in [-0.4, -0.2) is 28.4 Å². The van der Waals surface area contributed by atoms with E-state index in [1.807, 2.05) is 85.8 Å². The minimum absolute atomic E-state index is 0.134. The van der Waals surface area contributed by atoms with Crippen LogP contribution in [0.4, 0.5) is 5.69 Å². The third kappa shape index (κ3) is 6.89. The van der Waals surface area contributed by atoms with Crippen molar-refractivity contribution in [2.75, 3.05) is 11.9 Å². The van der Waals surface area contributed by atoms with E-state index in [1.54, 1.807) is 30.3 Å². The van der Waals surface area contributed by atoms with E-state index < -0.39 is 12.0 Å². The summed E-state index contributed by atoms with van der Waals surface area (Å²) in [6, 6.07) is 32.7. The number of oxazole rings is 1. The molecule has 0 aliphatic rings. The van der Waals surface area contributed by atoms with Gasteiger partial charge in [0.25, 0.3) is 0 Å². The van der Waals surface area contributed by atoms with Crippen LogP contribution in [0.25, 0.3) is 11.5 Å². The van der Waals surface area contributed by atoms with Crippen molar-refractivity contribution in [1.29, 1.82) is 0 Å². The van der Waals surface area contributed by atoms with Crippen molar-refractivity contribution in [1.82, 2.24) is 4.98 Å². The summed E-state index contributed by atoms with van der Waals surface area (Å²) < 4.78 is 11.8. The zero-order valence-corrected chi connectivity index (χ0v) is 22.6. The van der Waals surface area contributed by atoms with Crippen LogP contribution < -0.4 is 10.1 Å². The lowest BCUT2D eigenvalue weighted by Crippen LogP contribution is -2.17. The van der Waals surface area contributed by atoms with Crippen LogP contribution in [0.15, 0.2) is 114 Å². The molecule has 0 aliphatic heterocycles. The van der Waals surface area contributed by atoms with E-state index in [9.17, 15) is 14.7 Å². The first-order valence-corrected chi connectivity index (χ1v) is 13.4. The first kappa shape index (κ1) is 27.4. The fourth-order valence-corrected chi connectivity index (χ4v) is 4.59. The number of hydrogen-bond acceptors (Lipinski definition) is 6. The van der Waals surface area contributed by atoms with Crippen LogP contribution in [0, 0.1) is 6.92 Å². The van der Waals surface area contributed by atoms with Crippen molar-refractivity contribution in [3.8, 4) is 17.2 Å². The Morgan fingerprint density at radius 1 is 0.878 bits per heavy atom. The highest BCUT2D eigenvalue weighted by Gasteiger charge is 2.20. The number of aliphatic carboxylic acids is 1. The summed E-state index contributed by atoms with van der Waals surface area (Å²) >= 11 is 0. The zero-order chi connectivity index (χ0) is 28.6. The van der Waals surface area contributed by atoms with E-state index in [4.69, 9.17) is 9.15 Å². The Morgan fingerprint density at radius 2 is 1.54 bits per heavy atom. The third-order valence-corrected chi connectivity index (χ3v) is 6.72. The molecule has 0 radical (unpaired) electrons. The fourth-order valence-electron chi connectivity index (χ4n) is 4.59. The Hall–Kier alpha value is -5.17. The van der Waals surface area contributed by atoms with E-state index in [0.29, 0.717) is 41.5 Å². The monoisotopic (exact) mass is 546 g/mol. The van der Waals surface area contributed by atoms with Gasteiger partial charge < -0.3 is 19.6 Å². The molecule has 4 aromatic carbocycles. The molecule has 41 heavy (non-hydrogen) atoms. The van der Waals surface area contributed by atoms with E-state index in [0.717, 1.165) is 22.6 Å². The average Bonchev–Trinajstić information content (AvgIpc) is 3.38. The van der Waals surface area contributed by atoms with Crippen molar-refractivity contribution < 1.29 is 23.8 Å². The number of carbonyl (C=O) groups is 2. The zero-order valence-electron chi connectivity index (χ0n) is 22.6. The molecule has 1 atom stereocenters. The van der Waals surface area contributed by atoms with Gasteiger partial charge in [-0.2, -0.15) is 0 Å². The summed E-state index contributed by atoms with van der Waals surface area (Å²) in [4.78, 5) is 29.5. The number of aromatic nitrogens is 1. The number of nitrogens with one attached hydrogen (secondary N) is 1. The van der Waals surface area contributed by atoms with Crippen LogP contribution >= 0.6 is 0 Å². The highest BCUT2D eigenvalue weighted by atomic mass is 16.5. The van der Waals surface area contributed by atoms with Gasteiger partial charge >= 0.3 is 5.97 Å². The SMILES string of the molecule is Cc1oc(-c2ccccc2)nc1CCOc1ccc([C@H](CC(=O)O)Nc2ccccc2C(=O)c2ccccc2)cc1. The highest BCUT2D eigenvalue weighted by Crippen LogP contribution is 2.28. The Labute approximate surface area is 238 Å². The smallest absolute Gasteiger partial charge is 0.305 e. The van der Waals surface area contributed by atoms with E-state index in [1.165, 1.54) is 0 Å². The Bertz CT molecular complexity index is 1610. The fraction of sp³-hybridized carbons (Fsp3) is 0.147. The molecule has 7 nitrogen and oxygen atoms in total. The minimum Gasteiger partial charge on any atom is -0.493 e. The summed E-state index contributed by atoms with van der Waals surface area (Å²) in [6.45, 7) is 2.30. The lowest BCUT2D eigenvalue weighted by atomic mass is 9.99. The Balaban J connectivity index is 1.25. The molecule has 0 amide bonds. The number of ketones is 1. The molecule has 5 aromatic rings. The summed E-state index contributed by atoms with van der Waals surface area (Å²) in [5.74, 6) is 0.923. The lowest BCUT2D eigenvalue weighted by molar-refractivity contribution is -0.137.